The number of nitrogens with one attached hydrogen (secondary N) is 1. The highest BCUT2D eigenvalue weighted by Gasteiger charge is 2.29. The van der Waals surface area contributed by atoms with E-state index in [0.717, 1.165) is 68.3 Å². The van der Waals surface area contributed by atoms with E-state index in [9.17, 15) is 8.42 Å². The molecule has 1 saturated heterocycles. The minimum atomic E-state index is -3.31. The van der Waals surface area contributed by atoms with Gasteiger partial charge in [-0.15, -0.1) is 0 Å². The fraction of sp³-hybridized carbons (Fsp3) is 0.440. The van der Waals surface area contributed by atoms with Gasteiger partial charge in [0, 0.05) is 74.3 Å². The molecule has 0 spiro atoms. The highest BCUT2D eigenvalue weighted by Crippen LogP contribution is 2.33. The average molecular weight is 529 g/mol. The Labute approximate surface area is 216 Å². The molecule has 9 nitrogen and oxygen atoms in total. The summed E-state index contributed by atoms with van der Waals surface area (Å²) < 4.78 is 33.7. The average Bonchev–Trinajstić information content (AvgIpc) is 3.52. The summed E-state index contributed by atoms with van der Waals surface area (Å²) in [5.41, 5.74) is 5.00. The van der Waals surface area contributed by atoms with Gasteiger partial charge in [-0.05, 0) is 24.5 Å². The van der Waals surface area contributed by atoms with Crippen LogP contribution < -0.4 is 0 Å². The van der Waals surface area contributed by atoms with Gasteiger partial charge in [-0.1, -0.05) is 23.6 Å². The van der Waals surface area contributed by atoms with Gasteiger partial charge in [0.25, 0.3) is 0 Å². The Morgan fingerprint density at radius 2 is 2.00 bits per heavy atom. The molecule has 36 heavy (non-hydrogen) atoms. The van der Waals surface area contributed by atoms with Crippen LogP contribution in [0.4, 0.5) is 0 Å². The molecule has 1 aromatic carbocycles. The van der Waals surface area contributed by atoms with Crippen molar-refractivity contribution >= 4 is 21.6 Å². The van der Waals surface area contributed by atoms with Gasteiger partial charge in [0.1, 0.15) is 5.69 Å². The maximum Gasteiger partial charge on any atom is 0.211 e. The Morgan fingerprint density at radius 1 is 1.17 bits per heavy atom. The number of H-pyrrole nitrogens is 1. The van der Waals surface area contributed by atoms with E-state index in [1.165, 1.54) is 10.6 Å². The maximum absolute atomic E-state index is 12.3. The van der Waals surface area contributed by atoms with E-state index in [2.05, 4.69) is 31.4 Å². The SMILES string of the molecule is CS(=O)(=O)N1CCc2c(c(-c3ccc(Cl)c(C#Cc4c[nH]cn4)c3)nn2CCCN2CCOCC2)C1. The van der Waals surface area contributed by atoms with Crippen LogP contribution in [0, 0.1) is 11.8 Å². The molecule has 0 unspecified atom stereocenters. The van der Waals surface area contributed by atoms with Gasteiger partial charge in [-0.3, -0.25) is 9.58 Å². The summed E-state index contributed by atoms with van der Waals surface area (Å²) in [6.45, 7) is 6.01. The van der Waals surface area contributed by atoms with E-state index in [-0.39, 0.29) is 0 Å². The van der Waals surface area contributed by atoms with Crippen molar-refractivity contribution in [1.82, 2.24) is 29.0 Å². The molecule has 2 aliphatic heterocycles. The number of aromatic nitrogens is 4. The number of rotatable bonds is 6. The third kappa shape index (κ3) is 5.66. The number of hydrogen-bond acceptors (Lipinski definition) is 6. The molecule has 0 amide bonds. The van der Waals surface area contributed by atoms with Crippen molar-refractivity contribution in [2.75, 3.05) is 45.6 Å². The molecule has 0 radical (unpaired) electrons. The predicted octanol–water partition coefficient (Wildman–Crippen LogP) is 2.37. The van der Waals surface area contributed by atoms with Crippen LogP contribution >= 0.6 is 11.6 Å². The molecule has 11 heteroatoms. The van der Waals surface area contributed by atoms with Gasteiger partial charge in [0.05, 0.1) is 36.5 Å². The lowest BCUT2D eigenvalue weighted by Crippen LogP contribution is -2.37. The molecule has 0 aliphatic carbocycles. The Kier molecular flexibility index (Phi) is 7.46. The Hall–Kier alpha value is -2.68. The Balaban J connectivity index is 1.45. The number of imidazole rings is 1. The van der Waals surface area contributed by atoms with Gasteiger partial charge >= 0.3 is 0 Å². The largest absolute Gasteiger partial charge is 0.379 e. The summed E-state index contributed by atoms with van der Waals surface area (Å²) in [6.07, 6.45) is 6.15. The molecular formula is C25H29ClN6O3S. The third-order valence-electron chi connectivity index (χ3n) is 6.58. The highest BCUT2D eigenvalue weighted by molar-refractivity contribution is 7.88. The normalized spacial score (nSPS) is 16.9. The Morgan fingerprint density at radius 3 is 2.75 bits per heavy atom. The maximum atomic E-state index is 12.3. The Bertz CT molecular complexity index is 1380. The van der Waals surface area contributed by atoms with E-state index < -0.39 is 10.0 Å². The lowest BCUT2D eigenvalue weighted by Gasteiger charge is -2.27. The molecular weight excluding hydrogens is 500 g/mol. The number of morpholine rings is 1. The number of nitrogens with zero attached hydrogens (tertiary/aromatic N) is 5. The predicted molar refractivity (Wildman–Crippen MR) is 138 cm³/mol. The van der Waals surface area contributed by atoms with Crippen molar-refractivity contribution in [3.63, 3.8) is 0 Å². The van der Waals surface area contributed by atoms with Crippen LogP contribution in [-0.4, -0.2) is 83.0 Å². The summed E-state index contributed by atoms with van der Waals surface area (Å²) in [5, 5.41) is 5.53. The molecule has 4 heterocycles. The molecule has 1 fully saturated rings. The van der Waals surface area contributed by atoms with Crippen LogP contribution in [0.1, 0.15) is 28.9 Å². The van der Waals surface area contributed by atoms with Crippen molar-refractivity contribution in [1.29, 1.82) is 0 Å². The van der Waals surface area contributed by atoms with Crippen LogP contribution in [-0.2, 0) is 34.3 Å². The van der Waals surface area contributed by atoms with Crippen molar-refractivity contribution < 1.29 is 13.2 Å². The monoisotopic (exact) mass is 528 g/mol. The van der Waals surface area contributed by atoms with Gasteiger partial charge in [-0.25, -0.2) is 13.4 Å². The van der Waals surface area contributed by atoms with Crippen LogP contribution in [0.5, 0.6) is 0 Å². The van der Waals surface area contributed by atoms with Crippen LogP contribution in [0.15, 0.2) is 30.7 Å². The second-order valence-corrected chi connectivity index (χ2v) is 11.4. The lowest BCUT2D eigenvalue weighted by atomic mass is 10.0. The topological polar surface area (TPSA) is 96.3 Å². The number of fused-ring (bicyclic) bond motifs is 1. The first kappa shape index (κ1) is 25.0. The summed E-state index contributed by atoms with van der Waals surface area (Å²) >= 11 is 6.44. The molecule has 2 aliphatic rings. The fourth-order valence-corrected chi connectivity index (χ4v) is 5.61. The molecule has 3 aromatic rings. The zero-order valence-corrected chi connectivity index (χ0v) is 21.8. The number of sulfonamides is 1. The first-order valence-corrected chi connectivity index (χ1v) is 14.3. The van der Waals surface area contributed by atoms with Crippen molar-refractivity contribution in [3.8, 4) is 23.1 Å². The summed E-state index contributed by atoms with van der Waals surface area (Å²) in [4.78, 5) is 9.43. The second-order valence-electron chi connectivity index (χ2n) is 9.05. The first-order valence-electron chi connectivity index (χ1n) is 12.0. The van der Waals surface area contributed by atoms with E-state index in [1.54, 1.807) is 12.5 Å². The standard InChI is InChI=1S/C25H29ClN6O3S/c1-36(33,34)31-10-7-24-22(17-31)25(29-32(24)9-2-8-30-11-13-35-14-12-30)20-4-6-23(26)19(15-20)3-5-21-16-27-18-28-21/h4,6,15-16,18H,2,7-14,17H2,1H3,(H,27,28). The molecule has 0 atom stereocenters. The minimum Gasteiger partial charge on any atom is -0.379 e. The zero-order chi connectivity index (χ0) is 25.1. The quantitative estimate of drug-likeness (QED) is 0.493. The highest BCUT2D eigenvalue weighted by atomic mass is 35.5. The van der Waals surface area contributed by atoms with E-state index in [1.807, 2.05) is 18.2 Å². The first-order chi connectivity index (χ1) is 17.4. The molecule has 0 saturated carbocycles. The summed E-state index contributed by atoms with van der Waals surface area (Å²) in [5.74, 6) is 6.11. The van der Waals surface area contributed by atoms with Crippen LogP contribution in [0.25, 0.3) is 11.3 Å². The number of aromatic amines is 1. The molecule has 2 aromatic heterocycles. The van der Waals surface area contributed by atoms with Gasteiger partial charge in [-0.2, -0.15) is 9.40 Å². The van der Waals surface area contributed by atoms with Crippen molar-refractivity contribution in [3.05, 3.63) is 58.3 Å². The number of benzene rings is 1. The second kappa shape index (κ2) is 10.7. The van der Waals surface area contributed by atoms with Crippen molar-refractivity contribution in [2.24, 2.45) is 0 Å². The van der Waals surface area contributed by atoms with Crippen molar-refractivity contribution in [2.45, 2.75) is 25.9 Å². The lowest BCUT2D eigenvalue weighted by molar-refractivity contribution is 0.0368. The van der Waals surface area contributed by atoms with Crippen LogP contribution in [0.3, 0.4) is 0 Å². The third-order valence-corrected chi connectivity index (χ3v) is 8.16. The van der Waals surface area contributed by atoms with E-state index in [4.69, 9.17) is 21.4 Å². The van der Waals surface area contributed by atoms with Gasteiger partial charge in [0.2, 0.25) is 10.0 Å². The molecule has 5 rings (SSSR count). The molecule has 0 bridgehead atoms. The number of ether oxygens (including phenoxy) is 1. The van der Waals surface area contributed by atoms with E-state index >= 15 is 0 Å². The number of aryl methyl sites for hydroxylation is 1. The van der Waals surface area contributed by atoms with E-state index in [0.29, 0.717) is 35.8 Å². The smallest absolute Gasteiger partial charge is 0.211 e. The van der Waals surface area contributed by atoms with Crippen LogP contribution in [0.2, 0.25) is 5.02 Å². The molecule has 1 N–H and O–H groups in total. The number of hydrogen-bond donors (Lipinski definition) is 1. The summed E-state index contributed by atoms with van der Waals surface area (Å²) in [7, 11) is -3.31. The minimum absolute atomic E-state index is 0.309. The van der Waals surface area contributed by atoms with Gasteiger partial charge < -0.3 is 9.72 Å². The molecule has 190 valence electrons. The fourth-order valence-electron chi connectivity index (χ4n) is 4.66. The zero-order valence-electron chi connectivity index (χ0n) is 20.2. The number of halogens is 1. The summed E-state index contributed by atoms with van der Waals surface area (Å²) in [6, 6.07) is 5.65. The van der Waals surface area contributed by atoms with Gasteiger partial charge in [0.15, 0.2) is 0 Å².